The summed E-state index contributed by atoms with van der Waals surface area (Å²) in [5.41, 5.74) is 7.78. The molecule has 0 atom stereocenters. The van der Waals surface area contributed by atoms with Gasteiger partial charge in [-0.2, -0.15) is 0 Å². The molecule has 2 N–H and O–H groups in total. The molecule has 0 spiro atoms. The molecule has 0 fully saturated rings. The van der Waals surface area contributed by atoms with E-state index < -0.39 is 0 Å². The van der Waals surface area contributed by atoms with Crippen LogP contribution in [0.15, 0.2) is 18.3 Å². The van der Waals surface area contributed by atoms with Gasteiger partial charge < -0.3 is 10.6 Å². The van der Waals surface area contributed by atoms with E-state index in [0.29, 0.717) is 6.54 Å². The molecule has 84 valence electrons. The van der Waals surface area contributed by atoms with Crippen molar-refractivity contribution < 1.29 is 0 Å². The zero-order chi connectivity index (χ0) is 11.3. The number of aromatic nitrogens is 1. The fraction of sp³-hybridized carbons (Fsp3) is 0.583. The molecule has 0 unspecified atom stereocenters. The van der Waals surface area contributed by atoms with E-state index in [1.54, 1.807) is 6.20 Å². The van der Waals surface area contributed by atoms with Gasteiger partial charge in [-0.25, -0.2) is 0 Å². The Labute approximate surface area is 92.3 Å². The maximum atomic E-state index is 5.66. The molecule has 0 aliphatic rings. The second kappa shape index (κ2) is 5.71. The molecule has 15 heavy (non-hydrogen) atoms. The van der Waals surface area contributed by atoms with Crippen LogP contribution < -0.4 is 10.6 Å². The highest BCUT2D eigenvalue weighted by atomic mass is 15.1. The first-order chi connectivity index (χ1) is 7.15. The number of pyridine rings is 1. The molecule has 0 saturated carbocycles. The van der Waals surface area contributed by atoms with Crippen molar-refractivity contribution >= 4 is 5.69 Å². The highest BCUT2D eigenvalue weighted by molar-refractivity contribution is 5.49. The van der Waals surface area contributed by atoms with Gasteiger partial charge >= 0.3 is 0 Å². The quantitative estimate of drug-likeness (QED) is 0.803. The highest BCUT2D eigenvalue weighted by Gasteiger charge is 2.07. The fourth-order valence-corrected chi connectivity index (χ4v) is 1.51. The van der Waals surface area contributed by atoms with Crippen LogP contribution in [0.1, 0.15) is 26.0 Å². The third kappa shape index (κ3) is 3.51. The summed E-state index contributed by atoms with van der Waals surface area (Å²) in [5.74, 6) is 0.727. The standard InChI is InChI=1S/C12H21N3/c1-10(2)6-8-15(3)12-5-4-7-14-11(12)9-13/h4-5,7,10H,6,8-9,13H2,1-3H3. The number of anilines is 1. The van der Waals surface area contributed by atoms with Crippen molar-refractivity contribution in [1.29, 1.82) is 0 Å². The first-order valence-corrected chi connectivity index (χ1v) is 5.50. The first kappa shape index (κ1) is 12.0. The van der Waals surface area contributed by atoms with E-state index in [1.807, 2.05) is 6.07 Å². The minimum Gasteiger partial charge on any atom is -0.373 e. The third-order valence-electron chi connectivity index (χ3n) is 2.51. The molecular formula is C12H21N3. The zero-order valence-electron chi connectivity index (χ0n) is 9.90. The Balaban J connectivity index is 2.68. The Kier molecular flexibility index (Phi) is 4.56. The van der Waals surface area contributed by atoms with Crippen LogP contribution in [-0.2, 0) is 6.54 Å². The van der Waals surface area contributed by atoms with E-state index in [4.69, 9.17) is 5.73 Å². The summed E-state index contributed by atoms with van der Waals surface area (Å²) in [6.07, 6.45) is 2.98. The molecule has 0 radical (unpaired) electrons. The number of nitrogens with two attached hydrogens (primary N) is 1. The summed E-state index contributed by atoms with van der Waals surface area (Å²) < 4.78 is 0. The van der Waals surface area contributed by atoms with Gasteiger partial charge in [0.1, 0.15) is 0 Å². The molecule has 1 rings (SSSR count). The second-order valence-electron chi connectivity index (χ2n) is 4.28. The third-order valence-corrected chi connectivity index (χ3v) is 2.51. The summed E-state index contributed by atoms with van der Waals surface area (Å²) in [6.45, 7) is 6.03. The van der Waals surface area contributed by atoms with Crippen molar-refractivity contribution in [2.45, 2.75) is 26.8 Å². The lowest BCUT2D eigenvalue weighted by Gasteiger charge is -2.22. The van der Waals surface area contributed by atoms with E-state index in [-0.39, 0.29) is 0 Å². The average Bonchev–Trinajstić information content (AvgIpc) is 2.25. The molecule has 0 aromatic carbocycles. The summed E-state index contributed by atoms with van der Waals surface area (Å²) >= 11 is 0. The Morgan fingerprint density at radius 1 is 1.47 bits per heavy atom. The van der Waals surface area contributed by atoms with Crippen LogP contribution in [0.3, 0.4) is 0 Å². The molecule has 0 aliphatic heterocycles. The Bertz CT molecular complexity index is 297. The second-order valence-corrected chi connectivity index (χ2v) is 4.28. The molecule has 1 aromatic heterocycles. The van der Waals surface area contributed by atoms with Gasteiger partial charge in [0.15, 0.2) is 0 Å². The lowest BCUT2D eigenvalue weighted by Crippen LogP contribution is -2.22. The maximum absolute atomic E-state index is 5.66. The van der Waals surface area contributed by atoms with E-state index in [0.717, 1.165) is 23.8 Å². The van der Waals surface area contributed by atoms with Gasteiger partial charge in [0.25, 0.3) is 0 Å². The SMILES string of the molecule is CC(C)CCN(C)c1cccnc1CN. The van der Waals surface area contributed by atoms with E-state index >= 15 is 0 Å². The van der Waals surface area contributed by atoms with Crippen molar-refractivity contribution in [3.8, 4) is 0 Å². The lowest BCUT2D eigenvalue weighted by atomic mass is 10.1. The monoisotopic (exact) mass is 207 g/mol. The maximum Gasteiger partial charge on any atom is 0.0772 e. The van der Waals surface area contributed by atoms with Gasteiger partial charge in [0, 0.05) is 26.3 Å². The zero-order valence-corrected chi connectivity index (χ0v) is 9.90. The number of nitrogens with zero attached hydrogens (tertiary/aromatic N) is 2. The first-order valence-electron chi connectivity index (χ1n) is 5.50. The van der Waals surface area contributed by atoms with E-state index in [1.165, 1.54) is 6.42 Å². The minimum atomic E-state index is 0.502. The smallest absolute Gasteiger partial charge is 0.0772 e. The van der Waals surface area contributed by atoms with Gasteiger partial charge in [-0.05, 0) is 24.5 Å². The van der Waals surface area contributed by atoms with Crippen molar-refractivity contribution in [3.05, 3.63) is 24.0 Å². The Morgan fingerprint density at radius 2 is 2.20 bits per heavy atom. The molecule has 0 amide bonds. The highest BCUT2D eigenvalue weighted by Crippen LogP contribution is 2.17. The van der Waals surface area contributed by atoms with Crippen LogP contribution in [0, 0.1) is 5.92 Å². The van der Waals surface area contributed by atoms with Gasteiger partial charge in [-0.15, -0.1) is 0 Å². The molecule has 0 saturated heterocycles. The van der Waals surface area contributed by atoms with Gasteiger partial charge in [-0.3, -0.25) is 4.98 Å². The predicted octanol–water partition coefficient (Wildman–Crippen LogP) is 2.02. The largest absolute Gasteiger partial charge is 0.373 e. The molecule has 3 nitrogen and oxygen atoms in total. The lowest BCUT2D eigenvalue weighted by molar-refractivity contribution is 0.584. The molecular weight excluding hydrogens is 186 g/mol. The van der Waals surface area contributed by atoms with Gasteiger partial charge in [-0.1, -0.05) is 13.8 Å². The van der Waals surface area contributed by atoms with E-state index in [9.17, 15) is 0 Å². The van der Waals surface area contributed by atoms with Crippen molar-refractivity contribution in [3.63, 3.8) is 0 Å². The molecule has 1 aromatic rings. The number of rotatable bonds is 5. The van der Waals surface area contributed by atoms with Gasteiger partial charge in [0.2, 0.25) is 0 Å². The van der Waals surface area contributed by atoms with Crippen LogP contribution in [-0.4, -0.2) is 18.6 Å². The Hall–Kier alpha value is -1.09. The Morgan fingerprint density at radius 3 is 2.80 bits per heavy atom. The number of hydrogen-bond donors (Lipinski definition) is 1. The topological polar surface area (TPSA) is 42.2 Å². The van der Waals surface area contributed by atoms with Crippen molar-refractivity contribution in [1.82, 2.24) is 4.98 Å². The molecule has 1 heterocycles. The van der Waals surface area contributed by atoms with Crippen LogP contribution in [0.25, 0.3) is 0 Å². The summed E-state index contributed by atoms with van der Waals surface area (Å²) in [6, 6.07) is 4.04. The van der Waals surface area contributed by atoms with Crippen LogP contribution in [0.2, 0.25) is 0 Å². The molecule has 0 aliphatic carbocycles. The van der Waals surface area contributed by atoms with E-state index in [2.05, 4.69) is 36.8 Å². The molecule has 3 heteroatoms. The van der Waals surface area contributed by atoms with Crippen LogP contribution in [0.5, 0.6) is 0 Å². The summed E-state index contributed by atoms with van der Waals surface area (Å²) in [5, 5.41) is 0. The van der Waals surface area contributed by atoms with Crippen molar-refractivity contribution in [2.24, 2.45) is 11.7 Å². The van der Waals surface area contributed by atoms with Crippen molar-refractivity contribution in [2.75, 3.05) is 18.5 Å². The average molecular weight is 207 g/mol. The predicted molar refractivity (Wildman–Crippen MR) is 64.9 cm³/mol. The van der Waals surface area contributed by atoms with Crippen LogP contribution in [0.4, 0.5) is 5.69 Å². The van der Waals surface area contributed by atoms with Crippen LogP contribution >= 0.6 is 0 Å². The number of hydrogen-bond acceptors (Lipinski definition) is 3. The van der Waals surface area contributed by atoms with Gasteiger partial charge in [0.05, 0.1) is 11.4 Å². The fourth-order valence-electron chi connectivity index (χ4n) is 1.51. The summed E-state index contributed by atoms with van der Waals surface area (Å²) in [4.78, 5) is 6.51. The molecule has 0 bridgehead atoms. The minimum absolute atomic E-state index is 0.502. The normalized spacial score (nSPS) is 10.7. The summed E-state index contributed by atoms with van der Waals surface area (Å²) in [7, 11) is 2.10.